The van der Waals surface area contributed by atoms with Crippen LogP contribution in [0.2, 0.25) is 0 Å². The predicted octanol–water partition coefficient (Wildman–Crippen LogP) is 1.86. The van der Waals surface area contributed by atoms with E-state index in [1.807, 2.05) is 4.90 Å². The summed E-state index contributed by atoms with van der Waals surface area (Å²) in [4.78, 5) is 8.01. The van der Waals surface area contributed by atoms with Gasteiger partial charge in [0.05, 0.1) is 0 Å². The van der Waals surface area contributed by atoms with Crippen LogP contribution in [0.4, 0.5) is 20.4 Å². The molecule has 1 aliphatic heterocycles. The van der Waals surface area contributed by atoms with Crippen molar-refractivity contribution in [2.24, 2.45) is 0 Å². The van der Waals surface area contributed by atoms with Crippen LogP contribution in [0.1, 0.15) is 20.3 Å². The van der Waals surface area contributed by atoms with Crippen molar-refractivity contribution in [3.63, 3.8) is 0 Å². The number of halogens is 2. The Kier molecular flexibility index (Phi) is 4.19. The van der Waals surface area contributed by atoms with Gasteiger partial charge in [0.15, 0.2) is 23.3 Å². The first-order valence-electron chi connectivity index (χ1n) is 6.67. The Labute approximate surface area is 112 Å². The molecule has 4 nitrogen and oxygen atoms in total. The highest BCUT2D eigenvalue weighted by Gasteiger charge is 2.29. The molecule has 1 saturated heterocycles. The van der Waals surface area contributed by atoms with E-state index in [1.165, 1.54) is 0 Å². The summed E-state index contributed by atoms with van der Waals surface area (Å²) in [5.74, 6) is -1.54. The molecule has 0 aromatic carbocycles. The fourth-order valence-electron chi connectivity index (χ4n) is 2.66. The van der Waals surface area contributed by atoms with Gasteiger partial charge in [0, 0.05) is 25.2 Å². The van der Waals surface area contributed by atoms with E-state index >= 15 is 0 Å². The number of pyridine rings is 1. The highest BCUT2D eigenvalue weighted by atomic mass is 19.1. The zero-order chi connectivity index (χ0) is 14.0. The standard InChI is InChI=1S/C13H20F2N4/c1-3-18(4-2)9-5-6-19(8-9)13-11(15)7-10(14)12(16)17-13/h7,9H,3-6,8H2,1-2H3,(H2,16,17). The van der Waals surface area contributed by atoms with Gasteiger partial charge in [0.1, 0.15) is 0 Å². The SMILES string of the molecule is CCN(CC)C1CCN(c2nc(N)c(F)cc2F)C1. The van der Waals surface area contributed by atoms with E-state index in [2.05, 4.69) is 23.7 Å². The molecule has 0 saturated carbocycles. The second-order valence-electron chi connectivity index (χ2n) is 4.77. The van der Waals surface area contributed by atoms with Crippen LogP contribution in [0.15, 0.2) is 6.07 Å². The molecule has 0 aliphatic carbocycles. The van der Waals surface area contributed by atoms with Gasteiger partial charge in [-0.15, -0.1) is 0 Å². The van der Waals surface area contributed by atoms with Crippen LogP contribution < -0.4 is 10.6 Å². The Hall–Kier alpha value is -1.43. The molecule has 0 radical (unpaired) electrons. The fraction of sp³-hybridized carbons (Fsp3) is 0.615. The van der Waals surface area contributed by atoms with Gasteiger partial charge in [-0.25, -0.2) is 13.8 Å². The minimum atomic E-state index is -0.805. The van der Waals surface area contributed by atoms with Crippen molar-refractivity contribution in [3.8, 4) is 0 Å². The summed E-state index contributed by atoms with van der Waals surface area (Å²) < 4.78 is 26.9. The Morgan fingerprint density at radius 3 is 2.68 bits per heavy atom. The molecule has 2 rings (SSSR count). The number of anilines is 2. The zero-order valence-corrected chi connectivity index (χ0v) is 11.4. The number of likely N-dealkylation sites (N-methyl/N-ethyl adjacent to an activating group) is 1. The normalized spacial score (nSPS) is 19.4. The smallest absolute Gasteiger partial charge is 0.168 e. The molecule has 1 fully saturated rings. The lowest BCUT2D eigenvalue weighted by atomic mass is 10.2. The first-order valence-corrected chi connectivity index (χ1v) is 6.67. The Morgan fingerprint density at radius 1 is 1.37 bits per heavy atom. The van der Waals surface area contributed by atoms with E-state index in [1.54, 1.807) is 0 Å². The number of nitrogens with zero attached hydrogens (tertiary/aromatic N) is 3. The summed E-state index contributed by atoms with van der Waals surface area (Å²) in [6.07, 6.45) is 0.958. The maximum Gasteiger partial charge on any atom is 0.168 e. The van der Waals surface area contributed by atoms with Gasteiger partial charge in [-0.05, 0) is 19.5 Å². The molecule has 0 amide bonds. The molecule has 106 valence electrons. The van der Waals surface area contributed by atoms with Gasteiger partial charge >= 0.3 is 0 Å². The first kappa shape index (κ1) is 14.0. The van der Waals surface area contributed by atoms with Crippen molar-refractivity contribution in [3.05, 3.63) is 17.7 Å². The summed E-state index contributed by atoms with van der Waals surface area (Å²) >= 11 is 0. The van der Waals surface area contributed by atoms with Crippen molar-refractivity contribution in [1.29, 1.82) is 0 Å². The average molecular weight is 270 g/mol. The first-order chi connectivity index (χ1) is 9.06. The molecule has 19 heavy (non-hydrogen) atoms. The van der Waals surface area contributed by atoms with E-state index < -0.39 is 11.6 Å². The molecular formula is C13H20F2N4. The lowest BCUT2D eigenvalue weighted by Gasteiger charge is -2.26. The minimum absolute atomic E-state index is 0.161. The van der Waals surface area contributed by atoms with Gasteiger partial charge in [0.25, 0.3) is 0 Å². The monoisotopic (exact) mass is 270 g/mol. The number of rotatable bonds is 4. The summed E-state index contributed by atoms with van der Waals surface area (Å²) in [5, 5.41) is 0. The van der Waals surface area contributed by atoms with E-state index in [-0.39, 0.29) is 11.6 Å². The van der Waals surface area contributed by atoms with Crippen molar-refractivity contribution in [1.82, 2.24) is 9.88 Å². The highest BCUT2D eigenvalue weighted by Crippen LogP contribution is 2.25. The molecule has 0 bridgehead atoms. The second kappa shape index (κ2) is 5.69. The van der Waals surface area contributed by atoms with Crippen molar-refractivity contribution in [2.75, 3.05) is 36.8 Å². The molecule has 1 aromatic rings. The van der Waals surface area contributed by atoms with Gasteiger partial charge in [0.2, 0.25) is 0 Å². The third-order valence-corrected chi connectivity index (χ3v) is 3.73. The summed E-state index contributed by atoms with van der Waals surface area (Å²) in [6.45, 7) is 7.58. The van der Waals surface area contributed by atoms with E-state index in [0.717, 1.165) is 32.1 Å². The highest BCUT2D eigenvalue weighted by molar-refractivity contribution is 5.48. The van der Waals surface area contributed by atoms with Crippen LogP contribution in [0.25, 0.3) is 0 Å². The van der Waals surface area contributed by atoms with Crippen LogP contribution in [0.3, 0.4) is 0 Å². The van der Waals surface area contributed by atoms with Crippen LogP contribution in [-0.2, 0) is 0 Å². The molecule has 6 heteroatoms. The summed E-state index contributed by atoms with van der Waals surface area (Å²) in [5.41, 5.74) is 5.41. The number of nitrogens with two attached hydrogens (primary N) is 1. The lowest BCUT2D eigenvalue weighted by molar-refractivity contribution is 0.232. The van der Waals surface area contributed by atoms with E-state index in [4.69, 9.17) is 5.73 Å². The third kappa shape index (κ3) is 2.78. The van der Waals surface area contributed by atoms with E-state index in [0.29, 0.717) is 12.6 Å². The van der Waals surface area contributed by atoms with Gasteiger partial charge in [-0.2, -0.15) is 0 Å². The maximum absolute atomic E-state index is 13.8. The lowest BCUT2D eigenvalue weighted by Crippen LogP contribution is -2.37. The second-order valence-corrected chi connectivity index (χ2v) is 4.77. The number of hydrogen-bond acceptors (Lipinski definition) is 4. The summed E-state index contributed by atoms with van der Waals surface area (Å²) in [6, 6.07) is 1.20. The topological polar surface area (TPSA) is 45.4 Å². The number of aromatic nitrogens is 1. The van der Waals surface area contributed by atoms with Crippen molar-refractivity contribution in [2.45, 2.75) is 26.3 Å². The predicted molar refractivity (Wildman–Crippen MR) is 72.1 cm³/mol. The molecule has 0 spiro atoms. The largest absolute Gasteiger partial charge is 0.381 e. The van der Waals surface area contributed by atoms with Crippen molar-refractivity contribution >= 4 is 11.6 Å². The Balaban J connectivity index is 2.15. The van der Waals surface area contributed by atoms with Crippen LogP contribution >= 0.6 is 0 Å². The summed E-state index contributed by atoms with van der Waals surface area (Å²) in [7, 11) is 0. The molecule has 1 unspecified atom stereocenters. The van der Waals surface area contributed by atoms with Gasteiger partial charge < -0.3 is 10.6 Å². The van der Waals surface area contributed by atoms with Gasteiger partial charge in [-0.3, -0.25) is 4.90 Å². The molecule has 2 heterocycles. The third-order valence-electron chi connectivity index (χ3n) is 3.73. The van der Waals surface area contributed by atoms with Gasteiger partial charge in [-0.1, -0.05) is 13.8 Å². The fourth-order valence-corrected chi connectivity index (χ4v) is 2.66. The van der Waals surface area contributed by atoms with Crippen LogP contribution in [0, 0.1) is 11.6 Å². The zero-order valence-electron chi connectivity index (χ0n) is 11.4. The molecule has 1 aromatic heterocycles. The number of nitrogen functional groups attached to an aromatic ring is 1. The molecule has 1 atom stereocenters. The quantitative estimate of drug-likeness (QED) is 0.907. The number of hydrogen-bond donors (Lipinski definition) is 1. The van der Waals surface area contributed by atoms with Crippen LogP contribution in [0.5, 0.6) is 0 Å². The van der Waals surface area contributed by atoms with E-state index in [9.17, 15) is 8.78 Å². The average Bonchev–Trinajstić information content (AvgIpc) is 2.85. The molecule has 1 aliphatic rings. The van der Waals surface area contributed by atoms with Crippen molar-refractivity contribution < 1.29 is 8.78 Å². The Bertz CT molecular complexity index is 449. The maximum atomic E-state index is 13.8. The Morgan fingerprint density at radius 2 is 2.05 bits per heavy atom. The van der Waals surface area contributed by atoms with Crippen LogP contribution in [-0.4, -0.2) is 42.1 Å². The molecule has 2 N–H and O–H groups in total. The molecular weight excluding hydrogens is 250 g/mol. The minimum Gasteiger partial charge on any atom is -0.381 e.